The van der Waals surface area contributed by atoms with Crippen molar-refractivity contribution in [1.82, 2.24) is 0 Å². The van der Waals surface area contributed by atoms with Gasteiger partial charge in [-0.3, -0.25) is 0 Å². The summed E-state index contributed by atoms with van der Waals surface area (Å²) in [4.78, 5) is 11.9. The van der Waals surface area contributed by atoms with E-state index in [0.717, 1.165) is 53.1 Å². The lowest BCUT2D eigenvalue weighted by Gasteiger charge is -2.10. The normalized spacial score (nSPS) is 11.0. The molecule has 5 heteroatoms. The largest absolute Gasteiger partial charge is 0.493 e. The fourth-order valence-corrected chi connectivity index (χ4v) is 3.26. The van der Waals surface area contributed by atoms with Crippen LogP contribution in [0.15, 0.2) is 45.6 Å². The Hall–Kier alpha value is -2.79. The average molecular weight is 368 g/mol. The first-order chi connectivity index (χ1) is 13.0. The molecule has 27 heavy (non-hydrogen) atoms. The van der Waals surface area contributed by atoms with E-state index in [0.29, 0.717) is 5.58 Å². The van der Waals surface area contributed by atoms with Crippen molar-refractivity contribution in [2.45, 2.75) is 26.8 Å². The molecule has 0 radical (unpaired) electrons. The maximum Gasteiger partial charge on any atom is 0.336 e. The molecule has 0 aliphatic heterocycles. The second kappa shape index (κ2) is 8.27. The van der Waals surface area contributed by atoms with E-state index in [4.69, 9.17) is 13.9 Å². The highest BCUT2D eigenvalue weighted by Gasteiger charge is 2.11. The third-order valence-electron chi connectivity index (χ3n) is 4.97. The first-order valence-corrected chi connectivity index (χ1v) is 9.09. The summed E-state index contributed by atoms with van der Waals surface area (Å²) in [6, 6.07) is 11.7. The molecule has 0 saturated carbocycles. The minimum Gasteiger partial charge on any atom is -0.493 e. The molecule has 0 aliphatic carbocycles. The molecule has 142 valence electrons. The Morgan fingerprint density at radius 1 is 1.00 bits per heavy atom. The Morgan fingerprint density at radius 2 is 1.78 bits per heavy atom. The highest BCUT2D eigenvalue weighted by molar-refractivity contribution is 5.83. The molecule has 0 atom stereocenters. The van der Waals surface area contributed by atoms with Crippen LogP contribution in [0.2, 0.25) is 0 Å². The van der Waals surface area contributed by atoms with Gasteiger partial charge in [0.15, 0.2) is 11.5 Å². The monoisotopic (exact) mass is 368 g/mol. The molecular formula is C22H26NO4+. The molecule has 0 amide bonds. The van der Waals surface area contributed by atoms with Crippen LogP contribution in [0, 0.1) is 13.8 Å². The predicted octanol–water partition coefficient (Wildman–Crippen LogP) is 2.73. The van der Waals surface area contributed by atoms with Gasteiger partial charge in [-0.25, -0.2) is 4.79 Å². The van der Waals surface area contributed by atoms with Crippen molar-refractivity contribution in [3.63, 3.8) is 0 Å². The van der Waals surface area contributed by atoms with Gasteiger partial charge in [0.1, 0.15) is 12.1 Å². The molecule has 1 heterocycles. The van der Waals surface area contributed by atoms with Crippen molar-refractivity contribution in [2.75, 3.05) is 20.8 Å². The van der Waals surface area contributed by atoms with Gasteiger partial charge in [-0.05, 0) is 42.7 Å². The van der Waals surface area contributed by atoms with Crippen LogP contribution in [-0.4, -0.2) is 20.8 Å². The lowest BCUT2D eigenvalue weighted by atomic mass is 10.0. The predicted molar refractivity (Wildman–Crippen MR) is 106 cm³/mol. The van der Waals surface area contributed by atoms with Crippen LogP contribution < -0.4 is 20.4 Å². The van der Waals surface area contributed by atoms with Gasteiger partial charge in [0.05, 0.1) is 20.8 Å². The van der Waals surface area contributed by atoms with Crippen molar-refractivity contribution < 1.29 is 19.2 Å². The Balaban J connectivity index is 1.69. The lowest BCUT2D eigenvalue weighted by molar-refractivity contribution is -0.670. The number of hydrogen-bond acceptors (Lipinski definition) is 4. The molecule has 1 aromatic heterocycles. The number of benzene rings is 2. The van der Waals surface area contributed by atoms with E-state index in [1.54, 1.807) is 20.3 Å². The van der Waals surface area contributed by atoms with E-state index in [2.05, 4.69) is 11.4 Å². The average Bonchev–Trinajstić information content (AvgIpc) is 2.68. The molecule has 0 spiro atoms. The number of nitrogens with two attached hydrogens (primary N) is 1. The van der Waals surface area contributed by atoms with Gasteiger partial charge in [0, 0.05) is 23.4 Å². The summed E-state index contributed by atoms with van der Waals surface area (Å²) in [5, 5.41) is 3.22. The van der Waals surface area contributed by atoms with E-state index in [1.807, 2.05) is 38.1 Å². The molecule has 2 N–H and O–H groups in total. The van der Waals surface area contributed by atoms with Crippen molar-refractivity contribution in [2.24, 2.45) is 0 Å². The maximum absolute atomic E-state index is 11.9. The minimum absolute atomic E-state index is 0.292. The first-order valence-electron chi connectivity index (χ1n) is 9.09. The van der Waals surface area contributed by atoms with E-state index in [-0.39, 0.29) is 5.63 Å². The molecule has 0 bridgehead atoms. The second-order valence-corrected chi connectivity index (χ2v) is 6.70. The lowest BCUT2D eigenvalue weighted by Crippen LogP contribution is -2.83. The zero-order chi connectivity index (χ0) is 19.4. The van der Waals surface area contributed by atoms with E-state index < -0.39 is 0 Å². The highest BCUT2D eigenvalue weighted by Crippen LogP contribution is 2.27. The Bertz CT molecular complexity index is 1010. The smallest absolute Gasteiger partial charge is 0.336 e. The summed E-state index contributed by atoms with van der Waals surface area (Å²) in [6.07, 6.45) is 0.901. The first kappa shape index (κ1) is 19.0. The van der Waals surface area contributed by atoms with Gasteiger partial charge in [-0.1, -0.05) is 18.2 Å². The molecule has 2 aromatic carbocycles. The number of methoxy groups -OCH3 is 2. The molecule has 3 rings (SSSR count). The standard InChI is InChI=1S/C22H25NO4/c1-14-5-7-18-17(12-21(24)27-22(18)15(14)2)13-23-10-9-16-6-8-19(25-3)20(11-16)26-4/h5-8,11-12,23H,9-10,13H2,1-4H3/p+1. The topological polar surface area (TPSA) is 65.3 Å². The van der Waals surface area contributed by atoms with Crippen LogP contribution in [0.4, 0.5) is 0 Å². The minimum atomic E-state index is -0.292. The Labute approximate surface area is 158 Å². The van der Waals surface area contributed by atoms with Crippen molar-refractivity contribution in [3.05, 3.63) is 69.1 Å². The molecule has 0 unspecified atom stereocenters. The van der Waals surface area contributed by atoms with E-state index in [1.165, 1.54) is 5.56 Å². The van der Waals surface area contributed by atoms with E-state index >= 15 is 0 Å². The zero-order valence-electron chi connectivity index (χ0n) is 16.3. The van der Waals surface area contributed by atoms with Crippen molar-refractivity contribution in [1.29, 1.82) is 0 Å². The van der Waals surface area contributed by atoms with Gasteiger partial charge in [0.25, 0.3) is 0 Å². The molecule has 3 aromatic rings. The van der Waals surface area contributed by atoms with Gasteiger partial charge >= 0.3 is 5.63 Å². The number of hydrogen-bond donors (Lipinski definition) is 1. The summed E-state index contributed by atoms with van der Waals surface area (Å²) in [5.41, 5.74) is 4.76. The number of aryl methyl sites for hydroxylation is 2. The number of quaternary nitrogens is 1. The fraction of sp³-hybridized carbons (Fsp3) is 0.318. The molecule has 5 nitrogen and oxygen atoms in total. The fourth-order valence-electron chi connectivity index (χ4n) is 3.26. The quantitative estimate of drug-likeness (QED) is 0.514. The summed E-state index contributed by atoms with van der Waals surface area (Å²) in [5.74, 6) is 1.48. The number of rotatable bonds is 7. The third kappa shape index (κ3) is 4.14. The van der Waals surface area contributed by atoms with Crippen molar-refractivity contribution >= 4 is 11.0 Å². The van der Waals surface area contributed by atoms with Gasteiger partial charge in [0.2, 0.25) is 0 Å². The van der Waals surface area contributed by atoms with Gasteiger partial charge < -0.3 is 19.2 Å². The van der Waals surface area contributed by atoms with Gasteiger partial charge in [-0.2, -0.15) is 0 Å². The highest BCUT2D eigenvalue weighted by atomic mass is 16.5. The van der Waals surface area contributed by atoms with Crippen LogP contribution in [-0.2, 0) is 13.0 Å². The van der Waals surface area contributed by atoms with Crippen LogP contribution in [0.3, 0.4) is 0 Å². The summed E-state index contributed by atoms with van der Waals surface area (Å²) in [7, 11) is 3.28. The molecular weight excluding hydrogens is 342 g/mol. The Morgan fingerprint density at radius 3 is 2.52 bits per heavy atom. The van der Waals surface area contributed by atoms with Crippen LogP contribution >= 0.6 is 0 Å². The molecule has 0 fully saturated rings. The van der Waals surface area contributed by atoms with Crippen LogP contribution in [0.25, 0.3) is 11.0 Å². The van der Waals surface area contributed by atoms with Crippen molar-refractivity contribution in [3.8, 4) is 11.5 Å². The molecule has 0 aliphatic rings. The van der Waals surface area contributed by atoms with E-state index in [9.17, 15) is 4.79 Å². The third-order valence-corrected chi connectivity index (χ3v) is 4.97. The Kier molecular flexibility index (Phi) is 5.81. The SMILES string of the molecule is COc1ccc(CC[NH2+]Cc2cc(=O)oc3c(C)c(C)ccc23)cc1OC. The maximum atomic E-state index is 11.9. The van der Waals surface area contributed by atoms with Crippen LogP contribution in [0.5, 0.6) is 11.5 Å². The second-order valence-electron chi connectivity index (χ2n) is 6.70. The molecule has 0 saturated heterocycles. The number of ether oxygens (including phenoxy) is 2. The van der Waals surface area contributed by atoms with Gasteiger partial charge in [-0.15, -0.1) is 0 Å². The summed E-state index contributed by atoms with van der Waals surface area (Å²) < 4.78 is 16.1. The van der Waals surface area contributed by atoms with Crippen LogP contribution in [0.1, 0.15) is 22.3 Å². The summed E-state index contributed by atoms with van der Waals surface area (Å²) >= 11 is 0. The summed E-state index contributed by atoms with van der Waals surface area (Å²) in [6.45, 7) is 5.65. The number of fused-ring (bicyclic) bond motifs is 1. The zero-order valence-corrected chi connectivity index (χ0v) is 16.3.